The van der Waals surface area contributed by atoms with Gasteiger partial charge >= 0.3 is 0 Å². The number of aromatic nitrogens is 3. The molecule has 6 nitrogen and oxygen atoms in total. The molecule has 4 aromatic rings. The second-order valence-corrected chi connectivity index (χ2v) is 6.13. The zero-order chi connectivity index (χ0) is 18.2. The van der Waals surface area contributed by atoms with Crippen LogP contribution in [0.15, 0.2) is 72.9 Å². The minimum absolute atomic E-state index is 0.0450. The molecule has 2 aromatic carbocycles. The summed E-state index contributed by atoms with van der Waals surface area (Å²) >= 11 is 0. The summed E-state index contributed by atoms with van der Waals surface area (Å²) in [6, 6.07) is 21.0. The first-order valence-corrected chi connectivity index (χ1v) is 8.49. The summed E-state index contributed by atoms with van der Waals surface area (Å²) in [5.74, 6) is 2.14. The summed E-state index contributed by atoms with van der Waals surface area (Å²) in [5, 5.41) is 14.7. The van der Waals surface area contributed by atoms with E-state index in [-0.39, 0.29) is 12.7 Å². The van der Waals surface area contributed by atoms with Gasteiger partial charge in [-0.2, -0.15) is 9.78 Å². The van der Waals surface area contributed by atoms with Gasteiger partial charge in [0.05, 0.1) is 5.69 Å². The van der Waals surface area contributed by atoms with Crippen LogP contribution >= 0.6 is 0 Å². The Balaban J connectivity index is 1.46. The maximum absolute atomic E-state index is 10.2. The second kappa shape index (κ2) is 6.17. The van der Waals surface area contributed by atoms with E-state index in [4.69, 9.17) is 9.47 Å². The molecule has 1 aliphatic rings. The minimum Gasteiger partial charge on any atom is -0.493 e. The van der Waals surface area contributed by atoms with Crippen molar-refractivity contribution in [3.63, 3.8) is 0 Å². The Hall–Kier alpha value is -3.80. The molecule has 2 aromatic heterocycles. The zero-order valence-electron chi connectivity index (χ0n) is 14.2. The number of hydrogen-bond acceptors (Lipinski definition) is 5. The fourth-order valence-electron chi connectivity index (χ4n) is 3.07. The Morgan fingerprint density at radius 1 is 0.815 bits per heavy atom. The number of aromatic hydroxyl groups is 1. The van der Waals surface area contributed by atoms with Crippen molar-refractivity contribution < 1.29 is 14.6 Å². The molecule has 1 N–H and O–H groups in total. The van der Waals surface area contributed by atoms with Crippen LogP contribution < -0.4 is 9.47 Å². The molecule has 3 heterocycles. The maximum atomic E-state index is 10.2. The summed E-state index contributed by atoms with van der Waals surface area (Å²) in [6.07, 6.45) is 1.66. The zero-order valence-corrected chi connectivity index (χ0v) is 14.2. The summed E-state index contributed by atoms with van der Waals surface area (Å²) in [7, 11) is 0. The van der Waals surface area contributed by atoms with Gasteiger partial charge in [-0.3, -0.25) is 0 Å². The first-order chi connectivity index (χ1) is 13.3. The molecule has 0 spiro atoms. The highest BCUT2D eigenvalue weighted by Gasteiger charge is 2.14. The molecule has 132 valence electrons. The quantitative estimate of drug-likeness (QED) is 0.599. The van der Waals surface area contributed by atoms with Crippen LogP contribution in [0.4, 0.5) is 0 Å². The molecule has 0 atom stereocenters. The van der Waals surface area contributed by atoms with Crippen molar-refractivity contribution in [1.82, 2.24) is 14.8 Å². The van der Waals surface area contributed by atoms with Crippen LogP contribution in [-0.4, -0.2) is 26.7 Å². The van der Waals surface area contributed by atoms with Gasteiger partial charge in [0.25, 0.3) is 0 Å². The van der Waals surface area contributed by atoms with Crippen molar-refractivity contribution >= 4 is 0 Å². The molecule has 0 bridgehead atoms. The predicted octanol–water partition coefficient (Wildman–Crippen LogP) is 4.04. The Morgan fingerprint density at radius 3 is 2.41 bits per heavy atom. The highest BCUT2D eigenvalue weighted by Crippen LogP contribution is 2.36. The van der Waals surface area contributed by atoms with E-state index in [9.17, 15) is 5.11 Å². The summed E-state index contributed by atoms with van der Waals surface area (Å²) in [5.41, 5.74) is 3.69. The molecule has 0 fully saturated rings. The van der Waals surface area contributed by atoms with Gasteiger partial charge < -0.3 is 14.6 Å². The number of nitrogens with zero attached hydrogens (tertiary/aromatic N) is 3. The van der Waals surface area contributed by atoms with Crippen LogP contribution in [0.3, 0.4) is 0 Å². The smallest absolute Gasteiger partial charge is 0.231 e. The van der Waals surface area contributed by atoms with Crippen molar-refractivity contribution in [2.75, 3.05) is 6.79 Å². The molecular weight excluding hydrogens is 342 g/mol. The third-order valence-electron chi connectivity index (χ3n) is 4.44. The molecular formula is C21H15N3O3. The first kappa shape index (κ1) is 15.5. The van der Waals surface area contributed by atoms with E-state index in [1.54, 1.807) is 18.3 Å². The minimum atomic E-state index is 0.0450. The number of benzene rings is 2. The molecule has 0 radical (unpaired) electrons. The summed E-state index contributed by atoms with van der Waals surface area (Å²) in [4.78, 5) is 4.22. The van der Waals surface area contributed by atoms with Gasteiger partial charge in [-0.15, -0.1) is 0 Å². The summed E-state index contributed by atoms with van der Waals surface area (Å²) in [6.45, 7) is 0.264. The highest BCUT2D eigenvalue weighted by molar-refractivity contribution is 5.71. The fraction of sp³-hybridized carbons (Fsp3) is 0.0476. The Labute approximate surface area is 155 Å². The van der Waals surface area contributed by atoms with Gasteiger partial charge in [-0.05, 0) is 35.4 Å². The first-order valence-electron chi connectivity index (χ1n) is 8.49. The molecule has 0 amide bonds. The van der Waals surface area contributed by atoms with Crippen molar-refractivity contribution in [3.8, 4) is 45.6 Å². The lowest BCUT2D eigenvalue weighted by Crippen LogP contribution is -1.98. The van der Waals surface area contributed by atoms with Crippen LogP contribution in [0.25, 0.3) is 28.2 Å². The van der Waals surface area contributed by atoms with Gasteiger partial charge in [-0.1, -0.05) is 36.4 Å². The number of pyridine rings is 1. The Bertz CT molecular complexity index is 1110. The lowest BCUT2D eigenvalue weighted by molar-refractivity contribution is 0.174. The molecule has 1 aliphatic heterocycles. The molecule has 0 aliphatic carbocycles. The molecule has 27 heavy (non-hydrogen) atoms. The van der Waals surface area contributed by atoms with Crippen molar-refractivity contribution in [2.45, 2.75) is 0 Å². The average Bonchev–Trinajstić information content (AvgIpc) is 3.34. The second-order valence-electron chi connectivity index (χ2n) is 6.13. The Morgan fingerprint density at radius 2 is 1.59 bits per heavy atom. The normalized spacial score (nSPS) is 12.3. The van der Waals surface area contributed by atoms with Gasteiger partial charge in [0.2, 0.25) is 12.7 Å². The largest absolute Gasteiger partial charge is 0.493 e. The van der Waals surface area contributed by atoms with E-state index in [0.29, 0.717) is 11.5 Å². The standard InChI is InChI=1S/C21H15N3O3/c25-21-12-17(23-24(21)20-3-1-2-10-22-20)15-6-4-14(5-7-15)16-8-9-18-19(11-16)27-13-26-18/h1-12,25H,13H2. The Kier molecular flexibility index (Phi) is 3.53. The number of hydrogen-bond donors (Lipinski definition) is 1. The van der Waals surface area contributed by atoms with Crippen LogP contribution in [0.2, 0.25) is 0 Å². The van der Waals surface area contributed by atoms with E-state index in [2.05, 4.69) is 10.1 Å². The summed E-state index contributed by atoms with van der Waals surface area (Å²) < 4.78 is 12.2. The molecule has 0 saturated heterocycles. The van der Waals surface area contributed by atoms with Crippen molar-refractivity contribution in [2.24, 2.45) is 0 Å². The van der Waals surface area contributed by atoms with E-state index >= 15 is 0 Å². The monoisotopic (exact) mass is 357 g/mol. The van der Waals surface area contributed by atoms with Crippen LogP contribution in [0.1, 0.15) is 0 Å². The number of ether oxygens (including phenoxy) is 2. The van der Waals surface area contributed by atoms with Gasteiger partial charge in [0.15, 0.2) is 17.3 Å². The van der Waals surface area contributed by atoms with Gasteiger partial charge in [0, 0.05) is 17.8 Å². The number of fused-ring (bicyclic) bond motifs is 1. The van der Waals surface area contributed by atoms with Crippen LogP contribution in [0.5, 0.6) is 17.4 Å². The van der Waals surface area contributed by atoms with E-state index in [1.807, 2.05) is 54.6 Å². The lowest BCUT2D eigenvalue weighted by atomic mass is 10.0. The third-order valence-corrected chi connectivity index (χ3v) is 4.44. The van der Waals surface area contributed by atoms with E-state index in [1.165, 1.54) is 4.68 Å². The molecule has 0 saturated carbocycles. The predicted molar refractivity (Wildman–Crippen MR) is 100 cm³/mol. The van der Waals surface area contributed by atoms with Crippen molar-refractivity contribution in [1.29, 1.82) is 0 Å². The van der Waals surface area contributed by atoms with E-state index < -0.39 is 0 Å². The van der Waals surface area contributed by atoms with Gasteiger partial charge in [-0.25, -0.2) is 4.98 Å². The molecule has 0 unspecified atom stereocenters. The fourth-order valence-corrected chi connectivity index (χ4v) is 3.07. The lowest BCUT2D eigenvalue weighted by Gasteiger charge is -2.05. The third kappa shape index (κ3) is 2.77. The van der Waals surface area contributed by atoms with Crippen LogP contribution in [-0.2, 0) is 0 Å². The molecule has 5 rings (SSSR count). The molecule has 6 heteroatoms. The van der Waals surface area contributed by atoms with E-state index in [0.717, 1.165) is 28.2 Å². The number of rotatable bonds is 3. The topological polar surface area (TPSA) is 69.4 Å². The van der Waals surface area contributed by atoms with Gasteiger partial charge in [0.1, 0.15) is 0 Å². The highest BCUT2D eigenvalue weighted by atomic mass is 16.7. The maximum Gasteiger partial charge on any atom is 0.231 e. The van der Waals surface area contributed by atoms with Crippen molar-refractivity contribution in [3.05, 3.63) is 72.9 Å². The van der Waals surface area contributed by atoms with Crippen LogP contribution in [0, 0.1) is 0 Å². The SMILES string of the molecule is Oc1cc(-c2ccc(-c3ccc4c(c3)OCO4)cc2)nn1-c1ccccn1. The average molecular weight is 357 g/mol.